The number of aryl methyl sites for hydroxylation is 1. The highest BCUT2D eigenvalue weighted by Gasteiger charge is 1.97. The van der Waals surface area contributed by atoms with Crippen molar-refractivity contribution in [3.8, 4) is 5.75 Å². The molecule has 1 rings (SSSR count). The Balaban J connectivity index is 2.69. The Labute approximate surface area is 86.3 Å². The zero-order chi connectivity index (χ0) is 8.97. The molecule has 66 valence electrons. The second-order valence-corrected chi connectivity index (χ2v) is 3.89. The first-order valence-corrected chi connectivity index (χ1v) is 5.37. The fourth-order valence-corrected chi connectivity index (χ4v) is 1.52. The van der Waals surface area contributed by atoms with Gasteiger partial charge in [0.15, 0.2) is 0 Å². The number of alkyl halides is 1. The number of phenolic OH excluding ortho intramolecular Hbond substituents is 1. The van der Waals surface area contributed by atoms with Crippen molar-refractivity contribution in [1.82, 2.24) is 0 Å². The molecule has 0 spiro atoms. The summed E-state index contributed by atoms with van der Waals surface area (Å²) in [7, 11) is 0. The SMILES string of the molecule is Oc1ccc(CCCBr)cc1S. The molecule has 1 aromatic rings. The second-order valence-electron chi connectivity index (χ2n) is 2.62. The average molecular weight is 247 g/mol. The first-order chi connectivity index (χ1) is 5.74. The maximum Gasteiger partial charge on any atom is 0.128 e. The zero-order valence-corrected chi connectivity index (χ0v) is 9.11. The van der Waals surface area contributed by atoms with E-state index in [1.54, 1.807) is 6.07 Å². The molecule has 0 bridgehead atoms. The van der Waals surface area contributed by atoms with Crippen LogP contribution in [0.3, 0.4) is 0 Å². The van der Waals surface area contributed by atoms with Gasteiger partial charge in [-0.1, -0.05) is 22.0 Å². The van der Waals surface area contributed by atoms with Crippen molar-refractivity contribution in [2.45, 2.75) is 17.7 Å². The van der Waals surface area contributed by atoms with E-state index in [1.165, 1.54) is 5.56 Å². The lowest BCUT2D eigenvalue weighted by Gasteiger charge is -2.01. The molecule has 0 radical (unpaired) electrons. The van der Waals surface area contributed by atoms with E-state index in [2.05, 4.69) is 28.6 Å². The molecule has 0 aliphatic carbocycles. The molecule has 0 heterocycles. The lowest BCUT2D eigenvalue weighted by atomic mass is 10.1. The van der Waals surface area contributed by atoms with Gasteiger partial charge in [0.25, 0.3) is 0 Å². The van der Waals surface area contributed by atoms with Crippen LogP contribution in [-0.4, -0.2) is 10.4 Å². The van der Waals surface area contributed by atoms with Crippen molar-refractivity contribution in [3.63, 3.8) is 0 Å². The van der Waals surface area contributed by atoms with Crippen LogP contribution in [0.25, 0.3) is 0 Å². The van der Waals surface area contributed by atoms with E-state index in [1.807, 2.05) is 12.1 Å². The van der Waals surface area contributed by atoms with Gasteiger partial charge in [-0.2, -0.15) is 0 Å². The number of aromatic hydroxyl groups is 1. The molecule has 0 saturated carbocycles. The van der Waals surface area contributed by atoms with Gasteiger partial charge in [-0.3, -0.25) is 0 Å². The van der Waals surface area contributed by atoms with Crippen LogP contribution in [0.2, 0.25) is 0 Å². The molecule has 1 aromatic carbocycles. The van der Waals surface area contributed by atoms with E-state index in [0.717, 1.165) is 18.2 Å². The first-order valence-electron chi connectivity index (χ1n) is 3.81. The van der Waals surface area contributed by atoms with Crippen LogP contribution >= 0.6 is 28.6 Å². The summed E-state index contributed by atoms with van der Waals surface area (Å²) in [6.07, 6.45) is 2.14. The summed E-state index contributed by atoms with van der Waals surface area (Å²) >= 11 is 7.50. The molecular formula is C9H11BrOS. The Kier molecular flexibility index (Phi) is 3.95. The molecule has 1 nitrogen and oxygen atoms in total. The van der Waals surface area contributed by atoms with E-state index >= 15 is 0 Å². The minimum Gasteiger partial charge on any atom is -0.507 e. The number of thiol groups is 1. The molecule has 0 fully saturated rings. The van der Waals surface area contributed by atoms with Crippen LogP contribution in [0.15, 0.2) is 23.1 Å². The van der Waals surface area contributed by atoms with Crippen molar-refractivity contribution >= 4 is 28.6 Å². The van der Waals surface area contributed by atoms with E-state index in [9.17, 15) is 5.11 Å². The summed E-state index contributed by atoms with van der Waals surface area (Å²) in [5.41, 5.74) is 1.22. The van der Waals surface area contributed by atoms with E-state index in [4.69, 9.17) is 0 Å². The molecule has 0 unspecified atom stereocenters. The highest BCUT2D eigenvalue weighted by molar-refractivity contribution is 9.09. The van der Waals surface area contributed by atoms with E-state index in [0.29, 0.717) is 4.90 Å². The van der Waals surface area contributed by atoms with Gasteiger partial charge in [0.1, 0.15) is 5.75 Å². The topological polar surface area (TPSA) is 20.2 Å². The van der Waals surface area contributed by atoms with Crippen LogP contribution < -0.4 is 0 Å². The number of hydrogen-bond donors (Lipinski definition) is 2. The van der Waals surface area contributed by atoms with Gasteiger partial charge in [-0.15, -0.1) is 12.6 Å². The van der Waals surface area contributed by atoms with Gasteiger partial charge < -0.3 is 5.11 Å². The van der Waals surface area contributed by atoms with Gasteiger partial charge in [0.05, 0.1) is 0 Å². The van der Waals surface area contributed by atoms with Crippen molar-refractivity contribution in [1.29, 1.82) is 0 Å². The second kappa shape index (κ2) is 4.77. The Hall–Kier alpha value is -0.150. The quantitative estimate of drug-likeness (QED) is 0.621. The van der Waals surface area contributed by atoms with Gasteiger partial charge >= 0.3 is 0 Å². The molecule has 3 heteroatoms. The van der Waals surface area contributed by atoms with Crippen molar-refractivity contribution in [2.75, 3.05) is 5.33 Å². The molecule has 0 saturated heterocycles. The number of rotatable bonds is 3. The fraction of sp³-hybridized carbons (Fsp3) is 0.333. The van der Waals surface area contributed by atoms with Gasteiger partial charge in [0, 0.05) is 10.2 Å². The molecule has 12 heavy (non-hydrogen) atoms. The monoisotopic (exact) mass is 246 g/mol. The van der Waals surface area contributed by atoms with Gasteiger partial charge in [-0.05, 0) is 30.5 Å². The fourth-order valence-electron chi connectivity index (χ4n) is 0.995. The van der Waals surface area contributed by atoms with Crippen LogP contribution in [0.5, 0.6) is 5.75 Å². The Morgan fingerprint density at radius 2 is 2.17 bits per heavy atom. The number of halogens is 1. The molecule has 1 N–H and O–H groups in total. The number of phenols is 1. The van der Waals surface area contributed by atoms with Gasteiger partial charge in [-0.25, -0.2) is 0 Å². The maximum absolute atomic E-state index is 9.18. The van der Waals surface area contributed by atoms with Crippen LogP contribution in [-0.2, 0) is 6.42 Å². The lowest BCUT2D eigenvalue weighted by Crippen LogP contribution is -1.85. The number of hydrogen-bond acceptors (Lipinski definition) is 2. The van der Waals surface area contributed by atoms with Crippen molar-refractivity contribution < 1.29 is 5.11 Å². The molecule has 0 aromatic heterocycles. The van der Waals surface area contributed by atoms with Crippen LogP contribution in [0.4, 0.5) is 0 Å². The van der Waals surface area contributed by atoms with E-state index in [-0.39, 0.29) is 5.75 Å². The van der Waals surface area contributed by atoms with Gasteiger partial charge in [0.2, 0.25) is 0 Å². The third-order valence-corrected chi connectivity index (χ3v) is 2.56. The van der Waals surface area contributed by atoms with Crippen molar-refractivity contribution in [2.24, 2.45) is 0 Å². The molecule has 0 aliphatic rings. The Morgan fingerprint density at radius 1 is 1.42 bits per heavy atom. The summed E-state index contributed by atoms with van der Waals surface area (Å²) < 4.78 is 0. The van der Waals surface area contributed by atoms with Crippen LogP contribution in [0.1, 0.15) is 12.0 Å². The molecule has 0 aliphatic heterocycles. The molecular weight excluding hydrogens is 236 g/mol. The van der Waals surface area contributed by atoms with Crippen LogP contribution in [0, 0.1) is 0 Å². The largest absolute Gasteiger partial charge is 0.507 e. The Morgan fingerprint density at radius 3 is 2.75 bits per heavy atom. The van der Waals surface area contributed by atoms with Crippen molar-refractivity contribution in [3.05, 3.63) is 23.8 Å². The summed E-state index contributed by atoms with van der Waals surface area (Å²) in [4.78, 5) is 0.655. The highest BCUT2D eigenvalue weighted by Crippen LogP contribution is 2.22. The average Bonchev–Trinajstić information content (AvgIpc) is 2.07. The molecule has 0 atom stereocenters. The zero-order valence-electron chi connectivity index (χ0n) is 6.63. The summed E-state index contributed by atoms with van der Waals surface area (Å²) in [6, 6.07) is 5.52. The highest BCUT2D eigenvalue weighted by atomic mass is 79.9. The predicted molar refractivity (Wildman–Crippen MR) is 57.5 cm³/mol. The molecule has 0 amide bonds. The summed E-state index contributed by atoms with van der Waals surface area (Å²) in [6.45, 7) is 0. The standard InChI is InChI=1S/C9H11BrOS/c10-5-1-2-7-3-4-8(11)9(12)6-7/h3-4,6,11-12H,1-2,5H2. The minimum absolute atomic E-state index is 0.251. The summed E-state index contributed by atoms with van der Waals surface area (Å²) in [5, 5.41) is 10.2. The maximum atomic E-state index is 9.18. The third-order valence-electron chi connectivity index (χ3n) is 1.64. The Bertz CT molecular complexity index is 263. The smallest absolute Gasteiger partial charge is 0.128 e. The predicted octanol–water partition coefficient (Wildman–Crippen LogP) is 3.01. The number of benzene rings is 1. The summed E-state index contributed by atoms with van der Waals surface area (Å²) in [5.74, 6) is 0.251. The lowest BCUT2D eigenvalue weighted by molar-refractivity contribution is 0.462. The normalized spacial score (nSPS) is 10.2. The first kappa shape index (κ1) is 9.93. The minimum atomic E-state index is 0.251. The van der Waals surface area contributed by atoms with E-state index < -0.39 is 0 Å². The third kappa shape index (κ3) is 2.72.